The van der Waals surface area contributed by atoms with Gasteiger partial charge in [-0.05, 0) is 101 Å². The molecule has 5 aromatic carbocycles. The van der Waals surface area contributed by atoms with E-state index in [1.807, 2.05) is 12.3 Å². The molecule has 0 aliphatic carbocycles. The topological polar surface area (TPSA) is 44.9 Å². The maximum Gasteiger partial charge on any atom is 0.137 e. The molecule has 0 spiro atoms. The average molecular weight is 695 g/mol. The highest BCUT2D eigenvalue weighted by Crippen LogP contribution is 2.39. The minimum absolute atomic E-state index is 0.0195. The van der Waals surface area contributed by atoms with Gasteiger partial charge in [-0.15, -0.1) is 0 Å². The number of ether oxygens (including phenoxy) is 1. The summed E-state index contributed by atoms with van der Waals surface area (Å²) in [5.41, 5.74) is 12.2. The molecule has 0 saturated carbocycles. The van der Waals surface area contributed by atoms with Crippen LogP contribution >= 0.6 is 0 Å². The summed E-state index contributed by atoms with van der Waals surface area (Å²) in [6.45, 7) is 17.7. The van der Waals surface area contributed by atoms with E-state index >= 15 is 0 Å². The van der Waals surface area contributed by atoms with Gasteiger partial charge in [0, 0.05) is 40.4 Å². The van der Waals surface area contributed by atoms with Gasteiger partial charge in [-0.3, -0.25) is 4.57 Å². The monoisotopic (exact) mass is 694 g/mol. The van der Waals surface area contributed by atoms with Gasteiger partial charge in [0.2, 0.25) is 0 Å². The number of aryl methyl sites for hydroxylation is 1. The Morgan fingerprint density at radius 3 is 1.94 bits per heavy atom. The number of fused-ring (bicyclic) bond motifs is 3. The molecule has 0 bridgehead atoms. The van der Waals surface area contributed by atoms with Crippen molar-refractivity contribution in [3.8, 4) is 45.3 Å². The second kappa shape index (κ2) is 12.9. The van der Waals surface area contributed by atoms with Crippen LogP contribution in [0.5, 0.6) is 11.5 Å². The highest BCUT2D eigenvalue weighted by atomic mass is 16.5. The Bertz CT molecular complexity index is 2620. The Morgan fingerprint density at radius 1 is 0.547 bits per heavy atom. The maximum atomic E-state index is 6.83. The van der Waals surface area contributed by atoms with Gasteiger partial charge in [-0.2, -0.15) is 5.10 Å². The molecule has 0 aliphatic heterocycles. The van der Waals surface area contributed by atoms with Gasteiger partial charge >= 0.3 is 0 Å². The zero-order valence-corrected chi connectivity index (χ0v) is 31.9. The third kappa shape index (κ3) is 6.42. The molecule has 5 heteroatoms. The van der Waals surface area contributed by atoms with Crippen LogP contribution in [0.25, 0.3) is 55.6 Å². The number of benzene rings is 5. The fraction of sp³-hybridized carbons (Fsp3) is 0.208. The summed E-state index contributed by atoms with van der Waals surface area (Å²) in [6, 6.07) is 45.0. The summed E-state index contributed by atoms with van der Waals surface area (Å²) < 4.78 is 11.2. The summed E-state index contributed by atoms with van der Waals surface area (Å²) in [5, 5.41) is 7.36. The van der Waals surface area contributed by atoms with Crippen molar-refractivity contribution in [2.24, 2.45) is 0 Å². The van der Waals surface area contributed by atoms with Crippen molar-refractivity contribution in [1.29, 1.82) is 0 Å². The van der Waals surface area contributed by atoms with Crippen molar-refractivity contribution < 1.29 is 4.74 Å². The molecule has 0 atom stereocenters. The Hall–Kier alpha value is -5.94. The standard InChI is InChI=1S/C48H46N4O/c1-31-46(34-17-13-10-14-18-34)32(2)52(50-31)38-26-37(48(6,7)8)27-40(29-38)53-39-20-21-41-42-25-35(33-15-11-9-12-16-33)19-22-43(42)51(44(41)30-39)45-28-36(23-24-49-45)47(3,4)5/h9-30H,1-8H3. The molecule has 3 heterocycles. The average Bonchev–Trinajstić information content (AvgIpc) is 3.63. The highest BCUT2D eigenvalue weighted by Gasteiger charge is 2.22. The second-order valence-electron chi connectivity index (χ2n) is 16.2. The minimum Gasteiger partial charge on any atom is -0.457 e. The van der Waals surface area contributed by atoms with E-state index in [0.29, 0.717) is 0 Å². The molecule has 264 valence electrons. The van der Waals surface area contributed by atoms with Gasteiger partial charge in [-0.1, -0.05) is 108 Å². The van der Waals surface area contributed by atoms with Crippen molar-refractivity contribution in [3.05, 3.63) is 156 Å². The Labute approximate surface area is 312 Å². The molecule has 5 nitrogen and oxygen atoms in total. The first-order chi connectivity index (χ1) is 25.3. The third-order valence-corrected chi connectivity index (χ3v) is 10.3. The molecule has 0 saturated heterocycles. The van der Waals surface area contributed by atoms with E-state index in [1.54, 1.807) is 0 Å². The minimum atomic E-state index is -0.108. The molecule has 0 N–H and O–H groups in total. The van der Waals surface area contributed by atoms with Gasteiger partial charge in [0.05, 0.1) is 22.4 Å². The van der Waals surface area contributed by atoms with E-state index in [1.165, 1.54) is 33.2 Å². The number of hydrogen-bond acceptors (Lipinski definition) is 3. The molecule has 0 aliphatic rings. The predicted octanol–water partition coefficient (Wildman–Crippen LogP) is 12.7. The molecule has 53 heavy (non-hydrogen) atoms. The van der Waals surface area contributed by atoms with Crippen LogP contribution in [-0.2, 0) is 10.8 Å². The summed E-state index contributed by atoms with van der Waals surface area (Å²) in [7, 11) is 0. The van der Waals surface area contributed by atoms with E-state index in [4.69, 9.17) is 14.8 Å². The van der Waals surface area contributed by atoms with Crippen LogP contribution < -0.4 is 4.74 Å². The predicted molar refractivity (Wildman–Crippen MR) is 220 cm³/mol. The van der Waals surface area contributed by atoms with Crippen LogP contribution in [0.1, 0.15) is 64.1 Å². The Morgan fingerprint density at radius 2 is 1.25 bits per heavy atom. The van der Waals surface area contributed by atoms with Crippen molar-refractivity contribution in [3.63, 3.8) is 0 Å². The van der Waals surface area contributed by atoms with Crippen LogP contribution in [0.3, 0.4) is 0 Å². The summed E-state index contributed by atoms with van der Waals surface area (Å²) in [5.74, 6) is 2.41. The Kier molecular flexibility index (Phi) is 8.33. The quantitative estimate of drug-likeness (QED) is 0.174. The van der Waals surface area contributed by atoms with Crippen LogP contribution in [0, 0.1) is 13.8 Å². The zero-order valence-electron chi connectivity index (χ0n) is 31.9. The molecule has 3 aromatic heterocycles. The van der Waals surface area contributed by atoms with Gasteiger partial charge in [0.25, 0.3) is 0 Å². The first-order valence-electron chi connectivity index (χ1n) is 18.4. The van der Waals surface area contributed by atoms with Gasteiger partial charge < -0.3 is 4.74 Å². The van der Waals surface area contributed by atoms with Crippen molar-refractivity contribution in [2.45, 2.75) is 66.2 Å². The third-order valence-electron chi connectivity index (χ3n) is 10.3. The van der Waals surface area contributed by atoms with E-state index in [2.05, 4.69) is 186 Å². The summed E-state index contributed by atoms with van der Waals surface area (Å²) >= 11 is 0. The number of aromatic nitrogens is 4. The molecule has 8 aromatic rings. The maximum absolute atomic E-state index is 6.83. The number of hydrogen-bond donors (Lipinski definition) is 0. The normalized spacial score (nSPS) is 12.2. The molecule has 0 fully saturated rings. The largest absolute Gasteiger partial charge is 0.457 e. The number of nitrogens with zero attached hydrogens (tertiary/aromatic N) is 4. The smallest absolute Gasteiger partial charge is 0.137 e. The number of rotatable bonds is 6. The summed E-state index contributed by atoms with van der Waals surface area (Å²) in [4.78, 5) is 4.93. The molecule has 0 amide bonds. The van der Waals surface area contributed by atoms with Crippen LogP contribution in [0.4, 0.5) is 0 Å². The molecular weight excluding hydrogens is 649 g/mol. The number of pyridine rings is 1. The van der Waals surface area contributed by atoms with Gasteiger partial charge in [-0.25, -0.2) is 9.67 Å². The van der Waals surface area contributed by atoms with E-state index < -0.39 is 0 Å². The van der Waals surface area contributed by atoms with Crippen molar-refractivity contribution in [1.82, 2.24) is 19.3 Å². The van der Waals surface area contributed by atoms with Gasteiger partial charge in [0.15, 0.2) is 0 Å². The Balaban J connectivity index is 1.28. The molecule has 0 radical (unpaired) electrons. The van der Waals surface area contributed by atoms with Crippen LogP contribution in [0.2, 0.25) is 0 Å². The molecule has 8 rings (SSSR count). The lowest BCUT2D eigenvalue weighted by atomic mass is 9.86. The van der Waals surface area contributed by atoms with Crippen molar-refractivity contribution in [2.75, 3.05) is 0 Å². The lowest BCUT2D eigenvalue weighted by molar-refractivity contribution is 0.478. The van der Waals surface area contributed by atoms with E-state index in [0.717, 1.165) is 56.4 Å². The highest BCUT2D eigenvalue weighted by molar-refractivity contribution is 6.10. The lowest BCUT2D eigenvalue weighted by Crippen LogP contribution is -2.12. The van der Waals surface area contributed by atoms with E-state index in [9.17, 15) is 0 Å². The fourth-order valence-electron chi connectivity index (χ4n) is 7.38. The fourth-order valence-corrected chi connectivity index (χ4v) is 7.38. The zero-order chi connectivity index (χ0) is 37.1. The van der Waals surface area contributed by atoms with Crippen LogP contribution in [0.15, 0.2) is 134 Å². The second-order valence-corrected chi connectivity index (χ2v) is 16.2. The van der Waals surface area contributed by atoms with Crippen LogP contribution in [-0.4, -0.2) is 19.3 Å². The molecular formula is C48H46N4O. The van der Waals surface area contributed by atoms with Crippen molar-refractivity contribution >= 4 is 21.8 Å². The van der Waals surface area contributed by atoms with E-state index in [-0.39, 0.29) is 10.8 Å². The molecule has 0 unspecified atom stereocenters. The first-order valence-corrected chi connectivity index (χ1v) is 18.4. The van der Waals surface area contributed by atoms with Gasteiger partial charge in [0.1, 0.15) is 17.3 Å². The lowest BCUT2D eigenvalue weighted by Gasteiger charge is -2.22. The SMILES string of the molecule is Cc1nn(-c2cc(Oc3ccc4c5cc(-c6ccccc6)ccc5n(-c5cc(C(C)(C)C)ccn5)c4c3)cc(C(C)(C)C)c2)c(C)c1-c1ccccc1. The first kappa shape index (κ1) is 34.2. The summed E-state index contributed by atoms with van der Waals surface area (Å²) in [6.07, 6.45) is 1.92.